The average Bonchev–Trinajstić information content (AvgIpc) is 2.43. The maximum absolute atomic E-state index is 11.7. The van der Waals surface area contributed by atoms with Crippen LogP contribution in [0.4, 0.5) is 0 Å². The van der Waals surface area contributed by atoms with Crippen LogP contribution in [0.1, 0.15) is 11.5 Å². The van der Waals surface area contributed by atoms with Crippen molar-refractivity contribution in [1.29, 1.82) is 0 Å². The third kappa shape index (κ3) is 2.56. The molecule has 0 saturated heterocycles. The van der Waals surface area contributed by atoms with Crippen molar-refractivity contribution in [2.24, 2.45) is 4.40 Å². The maximum atomic E-state index is 11.7. The summed E-state index contributed by atoms with van der Waals surface area (Å²) in [7, 11) is -0.328. The van der Waals surface area contributed by atoms with E-state index in [1.807, 2.05) is 0 Å². The Hall–Kier alpha value is -1.37. The van der Waals surface area contributed by atoms with E-state index in [1.54, 1.807) is 21.0 Å². The van der Waals surface area contributed by atoms with Crippen LogP contribution in [0.3, 0.4) is 0 Å². The van der Waals surface area contributed by atoms with Crippen molar-refractivity contribution in [3.8, 4) is 0 Å². The third-order valence-electron chi connectivity index (χ3n) is 1.64. The van der Waals surface area contributed by atoms with Crippen molar-refractivity contribution in [2.75, 3.05) is 14.1 Å². The highest BCUT2D eigenvalue weighted by molar-refractivity contribution is 7.90. The van der Waals surface area contributed by atoms with Crippen molar-refractivity contribution in [3.63, 3.8) is 0 Å². The van der Waals surface area contributed by atoms with Crippen LogP contribution in [0.2, 0.25) is 0 Å². The largest absolute Gasteiger partial charge is 0.368 e. The molecule has 0 atom stereocenters. The van der Waals surface area contributed by atoms with Gasteiger partial charge in [0.15, 0.2) is 10.7 Å². The lowest BCUT2D eigenvalue weighted by Gasteiger charge is -2.02. The predicted molar refractivity (Wildman–Crippen MR) is 55.3 cm³/mol. The Morgan fingerprint density at radius 1 is 1.40 bits per heavy atom. The van der Waals surface area contributed by atoms with E-state index in [0.29, 0.717) is 5.69 Å². The minimum Gasteiger partial charge on any atom is -0.368 e. The van der Waals surface area contributed by atoms with E-state index >= 15 is 0 Å². The van der Waals surface area contributed by atoms with E-state index in [-0.39, 0.29) is 10.7 Å². The molecule has 15 heavy (non-hydrogen) atoms. The highest BCUT2D eigenvalue weighted by atomic mass is 32.2. The van der Waals surface area contributed by atoms with Crippen LogP contribution in [-0.4, -0.2) is 38.9 Å². The van der Waals surface area contributed by atoms with Gasteiger partial charge in [-0.3, -0.25) is 0 Å². The van der Waals surface area contributed by atoms with E-state index < -0.39 is 10.0 Å². The second-order valence-electron chi connectivity index (χ2n) is 3.31. The summed E-state index contributed by atoms with van der Waals surface area (Å²) < 4.78 is 31.7. The number of aryl methyl sites for hydroxylation is 2. The van der Waals surface area contributed by atoms with Gasteiger partial charge < -0.3 is 9.42 Å². The lowest BCUT2D eigenvalue weighted by molar-refractivity contribution is 0.390. The molecule has 0 fully saturated rings. The summed E-state index contributed by atoms with van der Waals surface area (Å²) in [5.74, 6) is 0.253. The Bertz CT molecular complexity index is 454. The molecular formula is C8H13N3O3S. The summed E-state index contributed by atoms with van der Waals surface area (Å²) >= 11 is 0. The molecule has 0 radical (unpaired) electrons. The Kier molecular flexibility index (Phi) is 3.13. The highest BCUT2D eigenvalue weighted by Crippen LogP contribution is 2.20. The SMILES string of the molecule is Cc1noc(C)c1S(=O)(=O)N=CN(C)C. The van der Waals surface area contributed by atoms with Gasteiger partial charge in [-0.2, -0.15) is 8.42 Å². The average molecular weight is 231 g/mol. The molecule has 0 aliphatic carbocycles. The predicted octanol–water partition coefficient (Wildman–Crippen LogP) is 0.570. The normalized spacial score (nSPS) is 12.3. The summed E-state index contributed by atoms with van der Waals surface area (Å²) in [6.07, 6.45) is 1.22. The van der Waals surface area contributed by atoms with Crippen LogP contribution in [-0.2, 0) is 10.0 Å². The first-order valence-electron chi connectivity index (χ1n) is 4.24. The number of aromatic nitrogens is 1. The number of nitrogens with zero attached hydrogens (tertiary/aromatic N) is 3. The molecule has 7 heteroatoms. The molecule has 1 rings (SSSR count). The second-order valence-corrected chi connectivity index (χ2v) is 4.88. The fourth-order valence-electron chi connectivity index (χ4n) is 1.05. The van der Waals surface area contributed by atoms with Crippen molar-refractivity contribution >= 4 is 16.4 Å². The molecule has 0 spiro atoms. The summed E-state index contributed by atoms with van der Waals surface area (Å²) in [5, 5.41) is 3.57. The first-order valence-corrected chi connectivity index (χ1v) is 5.68. The molecule has 84 valence electrons. The Labute approximate surface area is 88.6 Å². The van der Waals surface area contributed by atoms with Gasteiger partial charge in [0.05, 0.1) is 0 Å². The van der Waals surface area contributed by atoms with Gasteiger partial charge in [-0.1, -0.05) is 5.16 Å². The standard InChI is InChI=1S/C8H13N3O3S/c1-6-8(7(2)14-10-6)15(12,13)9-5-11(3)4/h5H,1-4H3. The second kappa shape index (κ2) is 4.01. The van der Waals surface area contributed by atoms with Gasteiger partial charge in [-0.15, -0.1) is 4.40 Å². The van der Waals surface area contributed by atoms with Crippen molar-refractivity contribution in [1.82, 2.24) is 10.1 Å². The molecule has 1 aromatic heterocycles. The summed E-state index contributed by atoms with van der Waals surface area (Å²) in [5.41, 5.74) is 0.323. The number of rotatable bonds is 3. The zero-order valence-electron chi connectivity index (χ0n) is 9.05. The molecule has 6 nitrogen and oxygen atoms in total. The molecule has 0 aliphatic rings. The van der Waals surface area contributed by atoms with E-state index in [4.69, 9.17) is 4.52 Å². The molecule has 0 unspecified atom stereocenters. The summed E-state index contributed by atoms with van der Waals surface area (Å²) in [6, 6.07) is 0. The van der Waals surface area contributed by atoms with Gasteiger partial charge >= 0.3 is 0 Å². The summed E-state index contributed by atoms with van der Waals surface area (Å²) in [6.45, 7) is 3.10. The van der Waals surface area contributed by atoms with Crippen LogP contribution in [0.15, 0.2) is 13.8 Å². The van der Waals surface area contributed by atoms with Crippen LogP contribution in [0.25, 0.3) is 0 Å². The number of hydrogen-bond acceptors (Lipinski definition) is 4. The lowest BCUT2D eigenvalue weighted by Crippen LogP contribution is -2.10. The first kappa shape index (κ1) is 11.7. The molecule has 1 heterocycles. The fraction of sp³-hybridized carbons (Fsp3) is 0.500. The highest BCUT2D eigenvalue weighted by Gasteiger charge is 2.22. The molecule has 0 amide bonds. The van der Waals surface area contributed by atoms with E-state index in [1.165, 1.54) is 18.2 Å². The Morgan fingerprint density at radius 3 is 2.40 bits per heavy atom. The third-order valence-corrected chi connectivity index (χ3v) is 3.11. The lowest BCUT2D eigenvalue weighted by atomic mass is 10.4. The zero-order chi connectivity index (χ0) is 11.6. The van der Waals surface area contributed by atoms with Crippen LogP contribution >= 0.6 is 0 Å². The van der Waals surface area contributed by atoms with Crippen molar-refractivity contribution < 1.29 is 12.9 Å². The minimum absolute atomic E-state index is 0.0422. The summed E-state index contributed by atoms with van der Waals surface area (Å²) in [4.78, 5) is 1.58. The maximum Gasteiger partial charge on any atom is 0.289 e. The first-order chi connectivity index (χ1) is 6.84. The topological polar surface area (TPSA) is 75.8 Å². The molecular weight excluding hydrogens is 218 g/mol. The van der Waals surface area contributed by atoms with E-state index in [9.17, 15) is 8.42 Å². The molecule has 0 saturated carbocycles. The molecule has 1 aromatic rings. The van der Waals surface area contributed by atoms with Crippen LogP contribution in [0.5, 0.6) is 0 Å². The monoisotopic (exact) mass is 231 g/mol. The fourth-order valence-corrected chi connectivity index (χ4v) is 2.28. The van der Waals surface area contributed by atoms with Gasteiger partial charge in [0.2, 0.25) is 0 Å². The molecule has 0 aromatic carbocycles. The van der Waals surface area contributed by atoms with Crippen molar-refractivity contribution in [3.05, 3.63) is 11.5 Å². The Balaban J connectivity index is 3.18. The molecule has 0 N–H and O–H groups in total. The number of hydrogen-bond donors (Lipinski definition) is 0. The smallest absolute Gasteiger partial charge is 0.289 e. The van der Waals surface area contributed by atoms with Gasteiger partial charge in [0.25, 0.3) is 10.0 Å². The molecule has 0 aliphatic heterocycles. The zero-order valence-corrected chi connectivity index (χ0v) is 9.87. The van der Waals surface area contributed by atoms with Gasteiger partial charge in [-0.25, -0.2) is 0 Å². The van der Waals surface area contributed by atoms with Gasteiger partial charge in [0.1, 0.15) is 12.0 Å². The van der Waals surface area contributed by atoms with E-state index in [0.717, 1.165) is 0 Å². The van der Waals surface area contributed by atoms with Crippen LogP contribution in [0, 0.1) is 13.8 Å². The van der Waals surface area contributed by atoms with Gasteiger partial charge in [0, 0.05) is 14.1 Å². The van der Waals surface area contributed by atoms with Crippen LogP contribution < -0.4 is 0 Å². The van der Waals surface area contributed by atoms with Gasteiger partial charge in [-0.05, 0) is 13.8 Å². The Morgan fingerprint density at radius 2 is 2.00 bits per heavy atom. The van der Waals surface area contributed by atoms with E-state index in [2.05, 4.69) is 9.55 Å². The number of sulfonamides is 1. The minimum atomic E-state index is -3.70. The molecule has 0 bridgehead atoms. The van der Waals surface area contributed by atoms with Crippen molar-refractivity contribution in [2.45, 2.75) is 18.7 Å². The quantitative estimate of drug-likeness (QED) is 0.561.